The molecule has 1 aliphatic rings. The largest absolute Gasteiger partial charge is 0.337 e. The Kier molecular flexibility index (Phi) is 5.33. The topological polar surface area (TPSA) is 77.1 Å². The van der Waals surface area contributed by atoms with Gasteiger partial charge in [0.05, 0.1) is 0 Å². The van der Waals surface area contributed by atoms with Gasteiger partial charge in [0.25, 0.3) is 5.91 Å². The standard InChI is InChI=1S/C18H26N6O/c1-4-14-5-7-15(8-6-14)19-17-16(20-22-21-17)18(25)24-11-9-23(10-12-24)13(2)3/h5-8,13H,4,9-12H2,1-3H3,(H2,19,20,21,22). The van der Waals surface area contributed by atoms with Crippen LogP contribution >= 0.6 is 0 Å². The number of benzene rings is 1. The maximum atomic E-state index is 12.8. The second-order valence-electron chi connectivity index (χ2n) is 6.62. The predicted octanol–water partition coefficient (Wildman–Crippen LogP) is 2.28. The summed E-state index contributed by atoms with van der Waals surface area (Å²) in [6, 6.07) is 8.61. The van der Waals surface area contributed by atoms with Gasteiger partial charge in [-0.3, -0.25) is 9.69 Å². The third kappa shape index (κ3) is 3.99. The molecule has 1 aromatic heterocycles. The van der Waals surface area contributed by atoms with Crippen molar-refractivity contribution < 1.29 is 4.79 Å². The van der Waals surface area contributed by atoms with E-state index in [1.54, 1.807) is 0 Å². The summed E-state index contributed by atoms with van der Waals surface area (Å²) in [6.45, 7) is 9.70. The molecule has 134 valence electrons. The molecule has 0 saturated carbocycles. The van der Waals surface area contributed by atoms with Crippen LogP contribution in [0.4, 0.5) is 11.5 Å². The molecule has 7 nitrogen and oxygen atoms in total. The molecule has 1 amide bonds. The first-order valence-corrected chi connectivity index (χ1v) is 8.88. The van der Waals surface area contributed by atoms with Crippen molar-refractivity contribution in [3.63, 3.8) is 0 Å². The minimum atomic E-state index is -0.0789. The van der Waals surface area contributed by atoms with Crippen LogP contribution in [-0.4, -0.2) is 63.3 Å². The highest BCUT2D eigenvalue weighted by atomic mass is 16.2. The number of aromatic amines is 1. The number of hydrogen-bond donors (Lipinski definition) is 2. The summed E-state index contributed by atoms with van der Waals surface area (Å²) in [5, 5.41) is 13.9. The van der Waals surface area contributed by atoms with Crippen molar-refractivity contribution in [2.24, 2.45) is 0 Å². The first-order chi connectivity index (χ1) is 12.1. The van der Waals surface area contributed by atoms with Gasteiger partial charge in [0.2, 0.25) is 0 Å². The maximum absolute atomic E-state index is 12.8. The van der Waals surface area contributed by atoms with Crippen molar-refractivity contribution in [2.45, 2.75) is 33.2 Å². The van der Waals surface area contributed by atoms with Gasteiger partial charge in [0, 0.05) is 37.9 Å². The Morgan fingerprint density at radius 2 is 1.84 bits per heavy atom. The molecule has 0 atom stereocenters. The van der Waals surface area contributed by atoms with E-state index in [-0.39, 0.29) is 5.91 Å². The average Bonchev–Trinajstić information content (AvgIpc) is 3.10. The van der Waals surface area contributed by atoms with E-state index in [1.165, 1.54) is 5.56 Å². The van der Waals surface area contributed by atoms with Crippen LogP contribution < -0.4 is 5.32 Å². The minimum absolute atomic E-state index is 0.0789. The van der Waals surface area contributed by atoms with Crippen molar-refractivity contribution in [2.75, 3.05) is 31.5 Å². The van der Waals surface area contributed by atoms with Gasteiger partial charge in [-0.1, -0.05) is 19.1 Å². The number of piperazine rings is 1. The molecule has 7 heteroatoms. The number of nitrogens with one attached hydrogen (secondary N) is 2. The van der Waals surface area contributed by atoms with Crippen molar-refractivity contribution in [1.29, 1.82) is 0 Å². The van der Waals surface area contributed by atoms with Crippen LogP contribution in [0.25, 0.3) is 0 Å². The Morgan fingerprint density at radius 1 is 1.16 bits per heavy atom. The van der Waals surface area contributed by atoms with Crippen LogP contribution in [0.1, 0.15) is 36.8 Å². The molecule has 3 rings (SSSR count). The van der Waals surface area contributed by atoms with Gasteiger partial charge in [0.1, 0.15) is 0 Å². The zero-order valence-electron chi connectivity index (χ0n) is 15.1. The lowest BCUT2D eigenvalue weighted by Crippen LogP contribution is -2.50. The van der Waals surface area contributed by atoms with Crippen LogP contribution in [0.2, 0.25) is 0 Å². The summed E-state index contributed by atoms with van der Waals surface area (Å²) in [5.41, 5.74) is 2.51. The zero-order valence-corrected chi connectivity index (χ0v) is 15.1. The first kappa shape index (κ1) is 17.4. The lowest BCUT2D eigenvalue weighted by Gasteiger charge is -2.36. The maximum Gasteiger partial charge on any atom is 0.278 e. The second-order valence-corrected chi connectivity index (χ2v) is 6.62. The number of aryl methyl sites for hydroxylation is 1. The Morgan fingerprint density at radius 3 is 2.44 bits per heavy atom. The van der Waals surface area contributed by atoms with Crippen LogP contribution in [0.15, 0.2) is 24.3 Å². The van der Waals surface area contributed by atoms with Gasteiger partial charge in [-0.2, -0.15) is 5.21 Å². The summed E-state index contributed by atoms with van der Waals surface area (Å²) >= 11 is 0. The number of anilines is 2. The quantitative estimate of drug-likeness (QED) is 0.872. The van der Waals surface area contributed by atoms with Crippen molar-refractivity contribution in [3.8, 4) is 0 Å². The molecule has 1 fully saturated rings. The average molecular weight is 342 g/mol. The number of aromatic nitrogens is 3. The van der Waals surface area contributed by atoms with Gasteiger partial charge in [-0.15, -0.1) is 10.2 Å². The van der Waals surface area contributed by atoms with E-state index in [9.17, 15) is 4.79 Å². The smallest absolute Gasteiger partial charge is 0.278 e. The van der Waals surface area contributed by atoms with Crippen molar-refractivity contribution >= 4 is 17.4 Å². The van der Waals surface area contributed by atoms with Crippen LogP contribution in [-0.2, 0) is 6.42 Å². The molecular formula is C18H26N6O. The first-order valence-electron chi connectivity index (χ1n) is 8.88. The van der Waals surface area contributed by atoms with Gasteiger partial charge in [0.15, 0.2) is 11.5 Å². The van der Waals surface area contributed by atoms with Crippen molar-refractivity contribution in [3.05, 3.63) is 35.5 Å². The monoisotopic (exact) mass is 342 g/mol. The van der Waals surface area contributed by atoms with E-state index in [1.807, 2.05) is 17.0 Å². The number of amides is 1. The molecule has 0 radical (unpaired) electrons. The Balaban J connectivity index is 1.67. The third-order valence-corrected chi connectivity index (χ3v) is 4.71. The highest BCUT2D eigenvalue weighted by molar-refractivity contribution is 5.97. The molecule has 2 N–H and O–H groups in total. The molecule has 2 heterocycles. The number of hydrogen-bond acceptors (Lipinski definition) is 5. The fourth-order valence-electron chi connectivity index (χ4n) is 3.02. The number of rotatable bonds is 5. The molecule has 1 saturated heterocycles. The van der Waals surface area contributed by atoms with E-state index >= 15 is 0 Å². The molecule has 0 aliphatic carbocycles. The Bertz CT molecular complexity index is 701. The Hall–Kier alpha value is -2.41. The van der Waals surface area contributed by atoms with E-state index in [2.05, 4.69) is 58.5 Å². The fourth-order valence-corrected chi connectivity index (χ4v) is 3.02. The molecule has 1 aromatic carbocycles. The molecule has 0 bridgehead atoms. The molecule has 1 aliphatic heterocycles. The summed E-state index contributed by atoms with van der Waals surface area (Å²) in [5.74, 6) is 0.394. The third-order valence-electron chi connectivity index (χ3n) is 4.71. The molecule has 25 heavy (non-hydrogen) atoms. The van der Waals surface area contributed by atoms with Crippen LogP contribution in [0.3, 0.4) is 0 Å². The molecule has 0 unspecified atom stereocenters. The number of carbonyl (C=O) groups is 1. The normalized spacial score (nSPS) is 15.6. The predicted molar refractivity (Wildman–Crippen MR) is 98.1 cm³/mol. The molecule has 2 aromatic rings. The lowest BCUT2D eigenvalue weighted by molar-refractivity contribution is 0.0591. The highest BCUT2D eigenvalue weighted by Crippen LogP contribution is 2.19. The summed E-state index contributed by atoms with van der Waals surface area (Å²) in [7, 11) is 0. The lowest BCUT2D eigenvalue weighted by atomic mass is 10.1. The van der Waals surface area contributed by atoms with Gasteiger partial charge in [-0.25, -0.2) is 0 Å². The number of nitrogens with zero attached hydrogens (tertiary/aromatic N) is 4. The fraction of sp³-hybridized carbons (Fsp3) is 0.500. The van der Waals surface area contributed by atoms with Crippen molar-refractivity contribution in [1.82, 2.24) is 25.2 Å². The SMILES string of the molecule is CCc1ccc(Nc2n[nH]nc2C(=O)N2CCN(C(C)C)CC2)cc1. The van der Waals surface area contributed by atoms with E-state index in [4.69, 9.17) is 0 Å². The van der Waals surface area contributed by atoms with Gasteiger partial charge < -0.3 is 10.2 Å². The van der Waals surface area contributed by atoms with E-state index in [0.717, 1.165) is 25.2 Å². The minimum Gasteiger partial charge on any atom is -0.337 e. The highest BCUT2D eigenvalue weighted by Gasteiger charge is 2.27. The molecular weight excluding hydrogens is 316 g/mol. The van der Waals surface area contributed by atoms with E-state index in [0.29, 0.717) is 30.6 Å². The molecule has 0 spiro atoms. The number of carbonyl (C=O) groups excluding carboxylic acids is 1. The summed E-state index contributed by atoms with van der Waals surface area (Å²) < 4.78 is 0. The second kappa shape index (κ2) is 7.65. The van der Waals surface area contributed by atoms with E-state index < -0.39 is 0 Å². The van der Waals surface area contributed by atoms with Crippen LogP contribution in [0, 0.1) is 0 Å². The summed E-state index contributed by atoms with van der Waals surface area (Å²) in [6.07, 6.45) is 0.996. The van der Waals surface area contributed by atoms with Crippen LogP contribution in [0.5, 0.6) is 0 Å². The zero-order chi connectivity index (χ0) is 17.8. The number of H-pyrrole nitrogens is 1. The Labute approximate surface area is 148 Å². The summed E-state index contributed by atoms with van der Waals surface area (Å²) in [4.78, 5) is 17.0. The van der Waals surface area contributed by atoms with Gasteiger partial charge in [-0.05, 0) is 38.0 Å². The van der Waals surface area contributed by atoms with Gasteiger partial charge >= 0.3 is 0 Å².